The topological polar surface area (TPSA) is 52.0 Å². The fourth-order valence-electron chi connectivity index (χ4n) is 3.09. The number of nitrogens with zero attached hydrogens (tertiary/aromatic N) is 3. The van der Waals surface area contributed by atoms with Gasteiger partial charge in [0.15, 0.2) is 5.82 Å². The average Bonchev–Trinajstić information content (AvgIpc) is 2.88. The van der Waals surface area contributed by atoms with E-state index < -0.39 is 0 Å². The Labute approximate surface area is 124 Å². The lowest BCUT2D eigenvalue weighted by molar-refractivity contribution is 0.393. The summed E-state index contributed by atoms with van der Waals surface area (Å²) in [6.45, 7) is 0.944. The highest BCUT2D eigenvalue weighted by molar-refractivity contribution is 5.35. The van der Waals surface area contributed by atoms with Gasteiger partial charge in [0.2, 0.25) is 5.95 Å². The molecule has 2 aromatic rings. The van der Waals surface area contributed by atoms with Gasteiger partial charge in [-0.1, -0.05) is 18.6 Å². The van der Waals surface area contributed by atoms with Crippen molar-refractivity contribution in [2.24, 2.45) is 0 Å². The molecule has 0 amide bonds. The van der Waals surface area contributed by atoms with Gasteiger partial charge in [0, 0.05) is 12.5 Å². The Morgan fingerprint density at radius 2 is 2.00 bits per heavy atom. The van der Waals surface area contributed by atoms with Crippen molar-refractivity contribution >= 4 is 5.95 Å². The first-order valence-electron chi connectivity index (χ1n) is 7.69. The summed E-state index contributed by atoms with van der Waals surface area (Å²) in [7, 11) is 1.69. The van der Waals surface area contributed by atoms with Gasteiger partial charge in [-0.3, -0.25) is 0 Å². The largest absolute Gasteiger partial charge is 0.497 e. The average molecular weight is 284 g/mol. The number of benzene rings is 1. The lowest BCUT2D eigenvalue weighted by atomic mass is 9.85. The van der Waals surface area contributed by atoms with E-state index in [2.05, 4.69) is 22.1 Å². The Bertz CT molecular complexity index is 630. The summed E-state index contributed by atoms with van der Waals surface area (Å²) in [6, 6.07) is 8.56. The summed E-state index contributed by atoms with van der Waals surface area (Å²) < 4.78 is 7.31. The summed E-state index contributed by atoms with van der Waals surface area (Å²) in [5.41, 5.74) is 1.27. The molecule has 2 aliphatic rings. The molecule has 5 nitrogen and oxygen atoms in total. The molecule has 4 rings (SSSR count). The van der Waals surface area contributed by atoms with Crippen LogP contribution in [0.25, 0.3) is 0 Å². The van der Waals surface area contributed by atoms with Crippen LogP contribution in [0, 0.1) is 0 Å². The van der Waals surface area contributed by atoms with E-state index in [-0.39, 0.29) is 6.04 Å². The van der Waals surface area contributed by atoms with Crippen LogP contribution in [0.15, 0.2) is 24.3 Å². The smallest absolute Gasteiger partial charge is 0.221 e. The molecule has 1 saturated carbocycles. The van der Waals surface area contributed by atoms with Crippen LogP contribution < -0.4 is 10.1 Å². The van der Waals surface area contributed by atoms with E-state index in [1.165, 1.54) is 24.8 Å². The number of aromatic nitrogens is 3. The zero-order valence-electron chi connectivity index (χ0n) is 12.2. The Hall–Kier alpha value is -2.04. The molecule has 0 bridgehead atoms. The van der Waals surface area contributed by atoms with Crippen molar-refractivity contribution in [3.05, 3.63) is 35.7 Å². The highest BCUT2D eigenvalue weighted by Crippen LogP contribution is 2.37. The Kier molecular flexibility index (Phi) is 3.05. The standard InChI is InChI=1S/C16H20N4O/c1-21-13-7-5-11(6-8-13)14-9-10-17-16-18-15(19-20(14)16)12-3-2-4-12/h5-8,12,14H,2-4,9-10H2,1H3,(H,17,18,19). The van der Waals surface area contributed by atoms with Crippen molar-refractivity contribution in [1.82, 2.24) is 14.8 Å². The molecule has 5 heteroatoms. The van der Waals surface area contributed by atoms with E-state index in [4.69, 9.17) is 14.8 Å². The van der Waals surface area contributed by atoms with Crippen molar-refractivity contribution in [3.63, 3.8) is 0 Å². The van der Waals surface area contributed by atoms with Gasteiger partial charge in [-0.05, 0) is 37.0 Å². The van der Waals surface area contributed by atoms with Gasteiger partial charge in [0.05, 0.1) is 13.2 Å². The second-order valence-corrected chi connectivity index (χ2v) is 5.87. The molecule has 21 heavy (non-hydrogen) atoms. The number of anilines is 1. The van der Waals surface area contributed by atoms with Crippen LogP contribution in [0.1, 0.15) is 49.0 Å². The predicted octanol–water partition coefficient (Wildman–Crippen LogP) is 2.96. The monoisotopic (exact) mass is 284 g/mol. The number of hydrogen-bond donors (Lipinski definition) is 1. The molecule has 1 aliphatic heterocycles. The van der Waals surface area contributed by atoms with E-state index in [9.17, 15) is 0 Å². The molecule has 0 radical (unpaired) electrons. The highest BCUT2D eigenvalue weighted by atomic mass is 16.5. The van der Waals surface area contributed by atoms with Gasteiger partial charge in [0.25, 0.3) is 0 Å². The first-order chi connectivity index (χ1) is 10.3. The van der Waals surface area contributed by atoms with Gasteiger partial charge in [0.1, 0.15) is 5.75 Å². The predicted molar refractivity (Wildman–Crippen MR) is 80.9 cm³/mol. The molecule has 1 aliphatic carbocycles. The van der Waals surface area contributed by atoms with Crippen LogP contribution in [-0.2, 0) is 0 Å². The van der Waals surface area contributed by atoms with Crippen molar-refractivity contribution < 1.29 is 4.74 Å². The zero-order chi connectivity index (χ0) is 14.2. The Morgan fingerprint density at radius 1 is 1.19 bits per heavy atom. The number of nitrogens with one attached hydrogen (secondary N) is 1. The third-order valence-electron chi connectivity index (χ3n) is 4.61. The molecule has 1 N–H and O–H groups in total. The van der Waals surface area contributed by atoms with E-state index in [0.29, 0.717) is 5.92 Å². The van der Waals surface area contributed by atoms with Crippen molar-refractivity contribution in [3.8, 4) is 5.75 Å². The lowest BCUT2D eigenvalue weighted by Gasteiger charge is -2.25. The third-order valence-corrected chi connectivity index (χ3v) is 4.61. The minimum absolute atomic E-state index is 0.272. The second kappa shape index (κ2) is 5.06. The normalized spacial score (nSPS) is 21.3. The second-order valence-electron chi connectivity index (χ2n) is 5.87. The fourth-order valence-corrected chi connectivity index (χ4v) is 3.09. The molecule has 1 unspecified atom stereocenters. The van der Waals surface area contributed by atoms with Crippen molar-refractivity contribution in [1.29, 1.82) is 0 Å². The molecule has 110 valence electrons. The minimum atomic E-state index is 0.272. The summed E-state index contributed by atoms with van der Waals surface area (Å²) in [4.78, 5) is 4.70. The van der Waals surface area contributed by atoms with Crippen LogP contribution in [0.2, 0.25) is 0 Å². The van der Waals surface area contributed by atoms with Crippen molar-refractivity contribution in [2.75, 3.05) is 19.0 Å². The van der Waals surface area contributed by atoms with Gasteiger partial charge < -0.3 is 10.1 Å². The summed E-state index contributed by atoms with van der Waals surface area (Å²) in [5, 5.41) is 8.16. The fraction of sp³-hybridized carbons (Fsp3) is 0.500. The van der Waals surface area contributed by atoms with Crippen LogP contribution in [-0.4, -0.2) is 28.4 Å². The quantitative estimate of drug-likeness (QED) is 0.941. The van der Waals surface area contributed by atoms with Gasteiger partial charge in [-0.15, -0.1) is 0 Å². The maximum absolute atomic E-state index is 5.24. The zero-order valence-corrected chi connectivity index (χ0v) is 12.2. The minimum Gasteiger partial charge on any atom is -0.497 e. The van der Waals surface area contributed by atoms with E-state index >= 15 is 0 Å². The van der Waals surface area contributed by atoms with Gasteiger partial charge >= 0.3 is 0 Å². The molecule has 0 saturated heterocycles. The maximum Gasteiger partial charge on any atom is 0.221 e. The molecule has 1 aromatic carbocycles. The molecular formula is C16H20N4O. The summed E-state index contributed by atoms with van der Waals surface area (Å²) in [5.74, 6) is 3.40. The molecular weight excluding hydrogens is 264 g/mol. The first-order valence-corrected chi connectivity index (χ1v) is 7.69. The molecule has 2 heterocycles. The third kappa shape index (κ3) is 2.17. The van der Waals surface area contributed by atoms with Crippen LogP contribution >= 0.6 is 0 Å². The number of fused-ring (bicyclic) bond motifs is 1. The number of ether oxygens (including phenoxy) is 1. The molecule has 1 fully saturated rings. The Balaban J connectivity index is 1.66. The van der Waals surface area contributed by atoms with Crippen LogP contribution in [0.4, 0.5) is 5.95 Å². The Morgan fingerprint density at radius 3 is 2.67 bits per heavy atom. The van der Waals surface area contributed by atoms with Crippen LogP contribution in [0.5, 0.6) is 5.75 Å². The highest BCUT2D eigenvalue weighted by Gasteiger charge is 2.29. The van der Waals surface area contributed by atoms with E-state index in [1.54, 1.807) is 7.11 Å². The SMILES string of the molecule is COc1ccc(C2CCNc3nc(C4CCC4)nn32)cc1. The van der Waals surface area contributed by atoms with Crippen LogP contribution in [0.3, 0.4) is 0 Å². The van der Waals surface area contributed by atoms with E-state index in [0.717, 1.165) is 30.5 Å². The number of rotatable bonds is 3. The lowest BCUT2D eigenvalue weighted by Crippen LogP contribution is -2.24. The maximum atomic E-state index is 5.24. The molecule has 0 spiro atoms. The van der Waals surface area contributed by atoms with Crippen molar-refractivity contribution in [2.45, 2.75) is 37.6 Å². The van der Waals surface area contributed by atoms with E-state index in [1.807, 2.05) is 12.1 Å². The molecule has 1 atom stereocenters. The first kappa shape index (κ1) is 12.7. The number of hydrogen-bond acceptors (Lipinski definition) is 4. The molecule has 1 aromatic heterocycles. The van der Waals surface area contributed by atoms with Gasteiger partial charge in [-0.25, -0.2) is 4.68 Å². The van der Waals surface area contributed by atoms with Gasteiger partial charge in [-0.2, -0.15) is 10.1 Å². The number of methoxy groups -OCH3 is 1. The summed E-state index contributed by atoms with van der Waals surface area (Å²) in [6.07, 6.45) is 4.81. The summed E-state index contributed by atoms with van der Waals surface area (Å²) >= 11 is 0.